The van der Waals surface area contributed by atoms with Crippen LogP contribution in [0, 0.1) is 5.92 Å². The van der Waals surface area contributed by atoms with Crippen molar-refractivity contribution in [3.63, 3.8) is 0 Å². The second-order valence-corrected chi connectivity index (χ2v) is 5.75. The molecule has 0 aromatic heterocycles. The first-order valence-electron chi connectivity index (χ1n) is 4.48. The van der Waals surface area contributed by atoms with Gasteiger partial charge in [-0.05, 0) is 12.8 Å². The molecule has 82 valence electrons. The van der Waals surface area contributed by atoms with Gasteiger partial charge in [-0.2, -0.15) is 0 Å². The van der Waals surface area contributed by atoms with E-state index in [-0.39, 0.29) is 23.3 Å². The fraction of sp³-hybridized carbons (Fsp3) is 0.875. The molecule has 1 heterocycles. The van der Waals surface area contributed by atoms with Gasteiger partial charge in [0.15, 0.2) is 0 Å². The van der Waals surface area contributed by atoms with E-state index in [4.69, 9.17) is 4.84 Å². The zero-order valence-electron chi connectivity index (χ0n) is 8.39. The maximum absolute atomic E-state index is 11.5. The first-order chi connectivity index (χ1) is 6.46. The van der Waals surface area contributed by atoms with Crippen molar-refractivity contribution in [1.29, 1.82) is 0 Å². The van der Waals surface area contributed by atoms with E-state index < -0.39 is 9.84 Å². The molecule has 0 radical (unpaired) electrons. The lowest BCUT2D eigenvalue weighted by Gasteiger charge is -2.24. The van der Waals surface area contributed by atoms with Gasteiger partial charge in [-0.3, -0.25) is 9.63 Å². The normalized spacial score (nSPS) is 21.9. The summed E-state index contributed by atoms with van der Waals surface area (Å²) >= 11 is 0. The summed E-state index contributed by atoms with van der Waals surface area (Å²) < 4.78 is 22.2. The first kappa shape index (κ1) is 11.5. The highest BCUT2D eigenvalue weighted by molar-refractivity contribution is 7.91. The number of carbonyl (C=O) groups excluding carboxylic acids is 1. The minimum atomic E-state index is -2.89. The SMILES string of the molecule is CON(C)C(=O)C1CCS(=O)(=O)CC1. The lowest BCUT2D eigenvalue weighted by atomic mass is 10.0. The summed E-state index contributed by atoms with van der Waals surface area (Å²) in [4.78, 5) is 16.3. The highest BCUT2D eigenvalue weighted by Crippen LogP contribution is 2.20. The standard InChI is InChI=1S/C8H15NO4S/c1-9(13-2)8(10)7-3-5-14(11,12)6-4-7/h7H,3-6H2,1-2H3. The molecule has 0 N–H and O–H groups in total. The van der Waals surface area contributed by atoms with Crippen molar-refractivity contribution >= 4 is 15.7 Å². The van der Waals surface area contributed by atoms with Crippen LogP contribution in [0.3, 0.4) is 0 Å². The molecule has 1 fully saturated rings. The smallest absolute Gasteiger partial charge is 0.249 e. The minimum Gasteiger partial charge on any atom is -0.275 e. The molecular formula is C8H15NO4S. The molecule has 0 aliphatic carbocycles. The van der Waals surface area contributed by atoms with Crippen molar-refractivity contribution in [2.75, 3.05) is 25.7 Å². The predicted octanol–water partition coefficient (Wildman–Crippen LogP) is -0.169. The molecule has 1 aliphatic heterocycles. The van der Waals surface area contributed by atoms with Crippen molar-refractivity contribution in [3.05, 3.63) is 0 Å². The molecule has 0 atom stereocenters. The van der Waals surface area contributed by atoms with Gasteiger partial charge in [-0.15, -0.1) is 0 Å². The second-order valence-electron chi connectivity index (χ2n) is 3.44. The average molecular weight is 221 g/mol. The van der Waals surface area contributed by atoms with E-state index in [2.05, 4.69) is 0 Å². The van der Waals surface area contributed by atoms with Crippen molar-refractivity contribution < 1.29 is 18.0 Å². The summed E-state index contributed by atoms with van der Waals surface area (Å²) in [6.07, 6.45) is 0.823. The van der Waals surface area contributed by atoms with Gasteiger partial charge in [0, 0.05) is 13.0 Å². The Morgan fingerprint density at radius 3 is 2.29 bits per heavy atom. The summed E-state index contributed by atoms with van der Waals surface area (Å²) in [5, 5.41) is 1.16. The Kier molecular flexibility index (Phi) is 3.49. The number of hydrogen-bond acceptors (Lipinski definition) is 4. The highest BCUT2D eigenvalue weighted by Gasteiger charge is 2.30. The summed E-state index contributed by atoms with van der Waals surface area (Å²) in [6, 6.07) is 0. The number of sulfone groups is 1. The molecule has 14 heavy (non-hydrogen) atoms. The third kappa shape index (κ3) is 2.68. The summed E-state index contributed by atoms with van der Waals surface area (Å²) in [5.74, 6) is -0.118. The topological polar surface area (TPSA) is 63.7 Å². The first-order valence-corrected chi connectivity index (χ1v) is 6.30. The summed E-state index contributed by atoms with van der Waals surface area (Å²) in [7, 11) is 0.0542. The van der Waals surface area contributed by atoms with Gasteiger partial charge in [-0.1, -0.05) is 0 Å². The molecule has 0 aromatic carbocycles. The van der Waals surface area contributed by atoms with Crippen molar-refractivity contribution in [2.24, 2.45) is 5.92 Å². The van der Waals surface area contributed by atoms with Gasteiger partial charge in [0.1, 0.15) is 9.84 Å². The molecule has 0 spiro atoms. The van der Waals surface area contributed by atoms with Crippen LogP contribution in [-0.4, -0.2) is 45.1 Å². The van der Waals surface area contributed by atoms with Gasteiger partial charge in [-0.25, -0.2) is 13.5 Å². The van der Waals surface area contributed by atoms with Gasteiger partial charge >= 0.3 is 0 Å². The maximum Gasteiger partial charge on any atom is 0.249 e. The van der Waals surface area contributed by atoms with Crippen LogP contribution in [0.4, 0.5) is 0 Å². The van der Waals surface area contributed by atoms with Crippen LogP contribution in [0.15, 0.2) is 0 Å². The van der Waals surface area contributed by atoms with Crippen LogP contribution >= 0.6 is 0 Å². The Bertz CT molecular complexity index is 297. The summed E-state index contributed by atoms with van der Waals surface area (Å²) in [6.45, 7) is 0. The molecule has 0 unspecified atom stereocenters. The molecule has 1 rings (SSSR count). The predicted molar refractivity (Wildman–Crippen MR) is 51.2 cm³/mol. The van der Waals surface area contributed by atoms with E-state index in [9.17, 15) is 13.2 Å². The Labute approximate surface area is 83.9 Å². The van der Waals surface area contributed by atoms with E-state index >= 15 is 0 Å². The van der Waals surface area contributed by atoms with Crippen molar-refractivity contribution in [2.45, 2.75) is 12.8 Å². The molecule has 6 heteroatoms. The molecule has 0 bridgehead atoms. The van der Waals surface area contributed by atoms with E-state index in [1.807, 2.05) is 0 Å². The minimum absolute atomic E-state index is 0.112. The van der Waals surface area contributed by atoms with Crippen LogP contribution in [0.2, 0.25) is 0 Å². The van der Waals surface area contributed by atoms with E-state index in [1.54, 1.807) is 0 Å². The number of amides is 1. The lowest BCUT2D eigenvalue weighted by Crippen LogP contribution is -2.36. The Morgan fingerprint density at radius 2 is 1.86 bits per heavy atom. The van der Waals surface area contributed by atoms with Crippen LogP contribution in [0.25, 0.3) is 0 Å². The summed E-state index contributed by atoms with van der Waals surface area (Å²) in [5.41, 5.74) is 0. The van der Waals surface area contributed by atoms with Crippen LogP contribution in [0.5, 0.6) is 0 Å². The fourth-order valence-corrected chi connectivity index (χ4v) is 2.98. The van der Waals surface area contributed by atoms with E-state index in [0.717, 1.165) is 5.06 Å². The number of nitrogens with zero attached hydrogens (tertiary/aromatic N) is 1. The third-order valence-electron chi connectivity index (χ3n) is 2.49. The molecule has 0 saturated carbocycles. The molecule has 0 aromatic rings. The van der Waals surface area contributed by atoms with Crippen molar-refractivity contribution in [1.82, 2.24) is 5.06 Å². The van der Waals surface area contributed by atoms with Gasteiger partial charge in [0.05, 0.1) is 18.6 Å². The highest BCUT2D eigenvalue weighted by atomic mass is 32.2. The lowest BCUT2D eigenvalue weighted by molar-refractivity contribution is -0.173. The van der Waals surface area contributed by atoms with Gasteiger partial charge in [0.25, 0.3) is 0 Å². The zero-order chi connectivity index (χ0) is 10.8. The molecule has 1 amide bonds. The molecular weight excluding hydrogens is 206 g/mol. The average Bonchev–Trinajstić information content (AvgIpc) is 2.15. The van der Waals surface area contributed by atoms with Crippen molar-refractivity contribution in [3.8, 4) is 0 Å². The van der Waals surface area contributed by atoms with Crippen LogP contribution < -0.4 is 0 Å². The molecule has 5 nitrogen and oxygen atoms in total. The van der Waals surface area contributed by atoms with Crippen LogP contribution in [0.1, 0.15) is 12.8 Å². The molecule has 1 aliphatic rings. The largest absolute Gasteiger partial charge is 0.275 e. The number of hydroxylamine groups is 2. The number of hydrogen-bond donors (Lipinski definition) is 0. The Morgan fingerprint density at radius 1 is 1.36 bits per heavy atom. The second kappa shape index (κ2) is 4.27. The zero-order valence-corrected chi connectivity index (χ0v) is 9.21. The quantitative estimate of drug-likeness (QED) is 0.607. The number of carbonyl (C=O) groups is 1. The monoisotopic (exact) mass is 221 g/mol. The van der Waals surface area contributed by atoms with Crippen LogP contribution in [-0.2, 0) is 19.5 Å². The van der Waals surface area contributed by atoms with E-state index in [0.29, 0.717) is 12.8 Å². The molecule has 1 saturated heterocycles. The van der Waals surface area contributed by atoms with Gasteiger partial charge in [0.2, 0.25) is 5.91 Å². The van der Waals surface area contributed by atoms with E-state index in [1.165, 1.54) is 14.2 Å². The number of rotatable bonds is 2. The Hall–Kier alpha value is -0.620. The third-order valence-corrected chi connectivity index (χ3v) is 4.20. The fourth-order valence-electron chi connectivity index (χ4n) is 1.48. The van der Waals surface area contributed by atoms with Gasteiger partial charge < -0.3 is 0 Å². The Balaban J connectivity index is 2.54. The maximum atomic E-state index is 11.5.